The molecule has 1 aliphatic heterocycles. The van der Waals surface area contributed by atoms with Gasteiger partial charge in [0, 0.05) is 30.8 Å². The van der Waals surface area contributed by atoms with Gasteiger partial charge in [-0.25, -0.2) is 0 Å². The van der Waals surface area contributed by atoms with E-state index in [1.165, 1.54) is 11.3 Å². The van der Waals surface area contributed by atoms with E-state index in [1.807, 2.05) is 0 Å². The van der Waals surface area contributed by atoms with E-state index in [9.17, 15) is 4.79 Å². The van der Waals surface area contributed by atoms with Gasteiger partial charge in [-0.2, -0.15) is 0 Å². The first-order chi connectivity index (χ1) is 12.5. The van der Waals surface area contributed by atoms with E-state index >= 15 is 0 Å². The minimum absolute atomic E-state index is 0.00676. The lowest BCUT2D eigenvalue weighted by Gasteiger charge is -2.33. The Labute approximate surface area is 159 Å². The molecule has 1 aliphatic rings. The lowest BCUT2D eigenvalue weighted by atomic mass is 9.95. The number of methoxy groups -OCH3 is 1. The molecule has 3 N–H and O–H groups in total. The number of ether oxygens (including phenoxy) is 1. The Balaban J connectivity index is 1.62. The molecule has 2 aromatic rings. The second-order valence-electron chi connectivity index (χ2n) is 6.66. The second kappa shape index (κ2) is 7.87. The highest BCUT2D eigenvalue weighted by Gasteiger charge is 2.26. The van der Waals surface area contributed by atoms with E-state index in [2.05, 4.69) is 41.4 Å². The van der Waals surface area contributed by atoms with Crippen LogP contribution in [0.4, 0.5) is 17.1 Å². The number of carbonyl (C=O) groups excluding carboxylic acids is 1. The summed E-state index contributed by atoms with van der Waals surface area (Å²) in [5, 5.41) is 3.34. The van der Waals surface area contributed by atoms with Crippen LogP contribution in [0.2, 0.25) is 5.02 Å². The van der Waals surface area contributed by atoms with E-state index < -0.39 is 0 Å². The number of carbonyl (C=O) groups is 1. The maximum atomic E-state index is 12.7. The van der Waals surface area contributed by atoms with Crippen molar-refractivity contribution in [1.29, 1.82) is 0 Å². The predicted molar refractivity (Wildman–Crippen MR) is 107 cm³/mol. The largest absolute Gasteiger partial charge is 0.494 e. The van der Waals surface area contributed by atoms with Gasteiger partial charge in [-0.3, -0.25) is 4.79 Å². The zero-order valence-corrected chi connectivity index (χ0v) is 15.8. The van der Waals surface area contributed by atoms with Crippen molar-refractivity contribution in [2.45, 2.75) is 19.8 Å². The quantitative estimate of drug-likeness (QED) is 0.792. The van der Waals surface area contributed by atoms with Crippen LogP contribution < -0.4 is 20.7 Å². The van der Waals surface area contributed by atoms with Crippen LogP contribution in [-0.2, 0) is 4.79 Å². The molecule has 2 aromatic carbocycles. The standard InChI is InChI=1S/C20H24ClN3O2/c1-13-3-5-15(6-4-13)24-9-7-14(8-10-24)20(25)23-18-11-16(21)17(22)12-19(18)26-2/h3-6,11-12,14H,7-10,22H2,1-2H3,(H,23,25). The van der Waals surface area contributed by atoms with E-state index in [4.69, 9.17) is 22.1 Å². The van der Waals surface area contributed by atoms with Gasteiger partial charge in [0.1, 0.15) is 5.75 Å². The average Bonchev–Trinajstić information content (AvgIpc) is 2.65. The summed E-state index contributed by atoms with van der Waals surface area (Å²) in [6.07, 6.45) is 1.62. The van der Waals surface area contributed by atoms with Gasteiger partial charge in [0.2, 0.25) is 5.91 Å². The summed E-state index contributed by atoms with van der Waals surface area (Å²) in [7, 11) is 1.54. The number of nitrogen functional groups attached to an aromatic ring is 1. The number of rotatable bonds is 4. The first-order valence-corrected chi connectivity index (χ1v) is 9.11. The van der Waals surface area contributed by atoms with Gasteiger partial charge < -0.3 is 20.7 Å². The van der Waals surface area contributed by atoms with Crippen LogP contribution in [0.3, 0.4) is 0 Å². The molecular formula is C20H24ClN3O2. The number of hydrogen-bond acceptors (Lipinski definition) is 4. The molecule has 1 amide bonds. The van der Waals surface area contributed by atoms with Crippen molar-refractivity contribution in [2.24, 2.45) is 5.92 Å². The van der Waals surface area contributed by atoms with Gasteiger partial charge in [-0.1, -0.05) is 29.3 Å². The van der Waals surface area contributed by atoms with Crippen molar-refractivity contribution >= 4 is 34.6 Å². The zero-order chi connectivity index (χ0) is 18.7. The summed E-state index contributed by atoms with van der Waals surface area (Å²) < 4.78 is 5.29. The van der Waals surface area contributed by atoms with Gasteiger partial charge >= 0.3 is 0 Å². The van der Waals surface area contributed by atoms with Crippen molar-refractivity contribution in [3.8, 4) is 5.75 Å². The maximum Gasteiger partial charge on any atom is 0.227 e. The van der Waals surface area contributed by atoms with E-state index in [0.29, 0.717) is 22.1 Å². The van der Waals surface area contributed by atoms with Gasteiger partial charge in [-0.05, 0) is 38.0 Å². The lowest BCUT2D eigenvalue weighted by Crippen LogP contribution is -2.38. The Bertz CT molecular complexity index is 784. The van der Waals surface area contributed by atoms with Gasteiger partial charge in [0.15, 0.2) is 0 Å². The van der Waals surface area contributed by atoms with E-state index in [1.54, 1.807) is 19.2 Å². The SMILES string of the molecule is COc1cc(N)c(Cl)cc1NC(=O)C1CCN(c2ccc(C)cc2)CC1. The molecule has 5 nitrogen and oxygen atoms in total. The molecule has 0 unspecified atom stereocenters. The van der Waals surface area contributed by atoms with Crippen molar-refractivity contribution in [2.75, 3.05) is 36.1 Å². The monoisotopic (exact) mass is 373 g/mol. The Hall–Kier alpha value is -2.40. The van der Waals surface area contributed by atoms with Gasteiger partial charge in [0.25, 0.3) is 0 Å². The summed E-state index contributed by atoms with van der Waals surface area (Å²) in [5.74, 6) is 0.475. The number of aryl methyl sites for hydroxylation is 1. The predicted octanol–water partition coefficient (Wildman–Crippen LogP) is 4.09. The highest BCUT2D eigenvalue weighted by Crippen LogP contribution is 2.33. The van der Waals surface area contributed by atoms with Crippen LogP contribution in [0.25, 0.3) is 0 Å². The third-order valence-electron chi connectivity index (χ3n) is 4.84. The maximum absolute atomic E-state index is 12.7. The smallest absolute Gasteiger partial charge is 0.227 e. The van der Waals surface area contributed by atoms with Crippen molar-refractivity contribution in [3.63, 3.8) is 0 Å². The lowest BCUT2D eigenvalue weighted by molar-refractivity contribution is -0.120. The fraction of sp³-hybridized carbons (Fsp3) is 0.350. The molecule has 0 spiro atoms. The number of piperidine rings is 1. The molecule has 1 heterocycles. The third kappa shape index (κ3) is 4.05. The minimum Gasteiger partial charge on any atom is -0.494 e. The van der Waals surface area contributed by atoms with E-state index in [0.717, 1.165) is 25.9 Å². The van der Waals surface area contributed by atoms with Crippen LogP contribution >= 0.6 is 11.6 Å². The summed E-state index contributed by atoms with van der Waals surface area (Å²) in [5.41, 5.74) is 9.22. The Morgan fingerprint density at radius 1 is 1.23 bits per heavy atom. The molecule has 0 aliphatic carbocycles. The number of amides is 1. The fourth-order valence-electron chi connectivity index (χ4n) is 3.23. The first-order valence-electron chi connectivity index (χ1n) is 8.73. The topological polar surface area (TPSA) is 67.6 Å². The summed E-state index contributed by atoms with van der Waals surface area (Å²) in [6, 6.07) is 11.8. The Morgan fingerprint density at radius 3 is 2.50 bits per heavy atom. The molecule has 0 aromatic heterocycles. The fourth-order valence-corrected chi connectivity index (χ4v) is 3.39. The van der Waals surface area contributed by atoms with Gasteiger partial charge in [-0.15, -0.1) is 0 Å². The molecule has 0 saturated carbocycles. The molecule has 1 fully saturated rings. The van der Waals surface area contributed by atoms with Gasteiger partial charge in [0.05, 0.1) is 23.5 Å². The average molecular weight is 374 g/mol. The number of hydrogen-bond donors (Lipinski definition) is 2. The molecule has 1 saturated heterocycles. The Kier molecular flexibility index (Phi) is 5.57. The molecule has 138 valence electrons. The molecule has 0 bridgehead atoms. The summed E-state index contributed by atoms with van der Waals surface area (Å²) >= 11 is 6.07. The number of anilines is 3. The van der Waals surface area contributed by atoms with Crippen molar-refractivity contribution in [3.05, 3.63) is 47.0 Å². The second-order valence-corrected chi connectivity index (χ2v) is 7.07. The number of benzene rings is 2. The van der Waals surface area contributed by atoms with Crippen LogP contribution in [0, 0.1) is 12.8 Å². The number of nitrogens with one attached hydrogen (secondary N) is 1. The normalized spacial score (nSPS) is 15.0. The first kappa shape index (κ1) is 18.4. The van der Waals surface area contributed by atoms with Crippen LogP contribution in [0.5, 0.6) is 5.75 Å². The molecule has 3 rings (SSSR count). The van der Waals surface area contributed by atoms with Crippen molar-refractivity contribution in [1.82, 2.24) is 0 Å². The minimum atomic E-state index is -0.0299. The van der Waals surface area contributed by atoms with Crippen molar-refractivity contribution < 1.29 is 9.53 Å². The third-order valence-corrected chi connectivity index (χ3v) is 5.17. The number of nitrogens with zero attached hydrogens (tertiary/aromatic N) is 1. The molecule has 6 heteroatoms. The number of halogens is 1. The van der Waals surface area contributed by atoms with E-state index in [-0.39, 0.29) is 11.8 Å². The molecular weight excluding hydrogens is 350 g/mol. The Morgan fingerprint density at radius 2 is 1.88 bits per heavy atom. The summed E-state index contributed by atoms with van der Waals surface area (Å²) in [6.45, 7) is 3.81. The van der Waals surface area contributed by atoms with Crippen LogP contribution in [0.15, 0.2) is 36.4 Å². The molecule has 0 atom stereocenters. The molecule has 26 heavy (non-hydrogen) atoms. The molecule has 0 radical (unpaired) electrons. The van der Waals surface area contributed by atoms with Crippen LogP contribution in [-0.4, -0.2) is 26.1 Å². The van der Waals surface area contributed by atoms with Crippen LogP contribution in [0.1, 0.15) is 18.4 Å². The number of nitrogens with two attached hydrogens (primary N) is 1. The highest BCUT2D eigenvalue weighted by atomic mass is 35.5. The highest BCUT2D eigenvalue weighted by molar-refractivity contribution is 6.33. The zero-order valence-electron chi connectivity index (χ0n) is 15.1. The summed E-state index contributed by atoms with van der Waals surface area (Å²) in [4.78, 5) is 15.0.